The van der Waals surface area contributed by atoms with Gasteiger partial charge in [0.15, 0.2) is 0 Å². The Labute approximate surface area is 118 Å². The summed E-state index contributed by atoms with van der Waals surface area (Å²) in [4.78, 5) is 0. The normalized spacial score (nSPS) is 26.1. The predicted molar refractivity (Wildman–Crippen MR) is 73.9 cm³/mol. The molecule has 1 heterocycles. The fraction of sp³-hybridized carbons (Fsp3) is 0.500. The van der Waals surface area contributed by atoms with Crippen molar-refractivity contribution in [3.8, 4) is 0 Å². The van der Waals surface area contributed by atoms with Gasteiger partial charge in [0.25, 0.3) is 10.2 Å². The van der Waals surface area contributed by atoms with E-state index in [0.717, 1.165) is 0 Å². The van der Waals surface area contributed by atoms with E-state index in [1.807, 2.05) is 6.07 Å². The zero-order valence-corrected chi connectivity index (χ0v) is 12.0. The minimum atomic E-state index is -3.70. The minimum absolute atomic E-state index is 0.195. The van der Waals surface area contributed by atoms with Crippen molar-refractivity contribution in [2.24, 2.45) is 5.14 Å². The van der Waals surface area contributed by atoms with Crippen molar-refractivity contribution in [1.82, 2.24) is 4.31 Å². The van der Waals surface area contributed by atoms with Gasteiger partial charge in [0.2, 0.25) is 0 Å². The molecule has 3 N–H and O–H groups in total. The SMILES string of the molecule is NS(=O)(=O)N1CCCC(O)(c2ccccc2Cl)CC1. The third kappa shape index (κ3) is 3.27. The molecule has 0 bridgehead atoms. The third-order valence-electron chi connectivity index (χ3n) is 3.51. The molecule has 0 spiro atoms. The number of rotatable bonds is 2. The molecule has 0 aromatic heterocycles. The first-order valence-corrected chi connectivity index (χ1v) is 7.96. The molecule has 0 aliphatic carbocycles. The lowest BCUT2D eigenvalue weighted by atomic mass is 9.87. The molecule has 7 heteroatoms. The molecule has 1 saturated heterocycles. The van der Waals surface area contributed by atoms with E-state index in [4.69, 9.17) is 16.7 Å². The van der Waals surface area contributed by atoms with Gasteiger partial charge in [-0.1, -0.05) is 29.8 Å². The van der Waals surface area contributed by atoms with E-state index in [2.05, 4.69) is 0 Å². The van der Waals surface area contributed by atoms with Crippen LogP contribution < -0.4 is 5.14 Å². The van der Waals surface area contributed by atoms with Gasteiger partial charge in [-0.15, -0.1) is 0 Å². The molecule has 1 fully saturated rings. The Balaban J connectivity index is 2.25. The summed E-state index contributed by atoms with van der Waals surface area (Å²) in [5, 5.41) is 16.4. The van der Waals surface area contributed by atoms with Crippen molar-refractivity contribution in [3.63, 3.8) is 0 Å². The Bertz CT molecular complexity index is 564. The zero-order chi connectivity index (χ0) is 14.1. The van der Waals surface area contributed by atoms with Gasteiger partial charge in [0.1, 0.15) is 0 Å². The maximum absolute atomic E-state index is 11.3. The first-order valence-electron chi connectivity index (χ1n) is 6.08. The zero-order valence-electron chi connectivity index (χ0n) is 10.4. The number of hydrogen-bond acceptors (Lipinski definition) is 3. The molecular formula is C12H17ClN2O3S. The van der Waals surface area contributed by atoms with E-state index in [1.54, 1.807) is 18.2 Å². The summed E-state index contributed by atoms with van der Waals surface area (Å²) in [6.45, 7) is 0.520. The highest BCUT2D eigenvalue weighted by atomic mass is 35.5. The smallest absolute Gasteiger partial charge is 0.276 e. The maximum Gasteiger partial charge on any atom is 0.276 e. The number of nitrogens with two attached hydrogens (primary N) is 1. The van der Waals surface area contributed by atoms with Crippen LogP contribution in [-0.2, 0) is 15.8 Å². The van der Waals surface area contributed by atoms with E-state index >= 15 is 0 Å². The van der Waals surface area contributed by atoms with Crippen LogP contribution in [-0.4, -0.2) is 30.9 Å². The van der Waals surface area contributed by atoms with Crippen molar-refractivity contribution in [1.29, 1.82) is 0 Å². The lowest BCUT2D eigenvalue weighted by Gasteiger charge is -2.28. The average molecular weight is 305 g/mol. The quantitative estimate of drug-likeness (QED) is 0.861. The van der Waals surface area contributed by atoms with Crippen LogP contribution in [0.1, 0.15) is 24.8 Å². The van der Waals surface area contributed by atoms with Gasteiger partial charge in [-0.25, -0.2) is 5.14 Å². The lowest BCUT2D eigenvalue weighted by Crippen LogP contribution is -2.38. The molecule has 0 radical (unpaired) electrons. The van der Waals surface area contributed by atoms with Gasteiger partial charge in [-0.05, 0) is 25.3 Å². The van der Waals surface area contributed by atoms with Crippen LogP contribution in [0.4, 0.5) is 0 Å². The summed E-state index contributed by atoms with van der Waals surface area (Å²) in [7, 11) is -3.70. The fourth-order valence-corrected chi connectivity index (χ4v) is 3.50. The van der Waals surface area contributed by atoms with Crippen LogP contribution in [0.2, 0.25) is 5.02 Å². The van der Waals surface area contributed by atoms with Crippen molar-refractivity contribution < 1.29 is 13.5 Å². The highest BCUT2D eigenvalue weighted by Crippen LogP contribution is 2.36. The fourth-order valence-electron chi connectivity index (χ4n) is 2.46. The molecule has 2 rings (SSSR count). The topological polar surface area (TPSA) is 83.6 Å². The van der Waals surface area contributed by atoms with Gasteiger partial charge in [-0.3, -0.25) is 0 Å². The summed E-state index contributed by atoms with van der Waals surface area (Å²) in [6.07, 6.45) is 1.29. The second kappa shape index (κ2) is 5.38. The van der Waals surface area contributed by atoms with Crippen LogP contribution in [0.15, 0.2) is 24.3 Å². The standard InChI is InChI=1S/C12H17ClN2O3S/c13-11-5-2-1-4-10(11)12(16)6-3-8-15(9-7-12)19(14,17)18/h1-2,4-5,16H,3,6-9H2,(H2,14,17,18). The number of hydrogen-bond donors (Lipinski definition) is 2. The van der Waals surface area contributed by atoms with Crippen molar-refractivity contribution >= 4 is 21.8 Å². The van der Waals surface area contributed by atoms with E-state index in [1.165, 1.54) is 4.31 Å². The van der Waals surface area contributed by atoms with Crippen molar-refractivity contribution in [2.45, 2.75) is 24.9 Å². The average Bonchev–Trinajstić information content (AvgIpc) is 2.52. The summed E-state index contributed by atoms with van der Waals surface area (Å²) in [5.41, 5.74) is -0.453. The lowest BCUT2D eigenvalue weighted by molar-refractivity contribution is 0.0229. The molecule has 19 heavy (non-hydrogen) atoms. The molecule has 5 nitrogen and oxygen atoms in total. The molecule has 1 aliphatic heterocycles. The van der Waals surface area contributed by atoms with Gasteiger partial charge in [0.05, 0.1) is 5.60 Å². The van der Waals surface area contributed by atoms with Crippen LogP contribution in [0, 0.1) is 0 Å². The highest BCUT2D eigenvalue weighted by Gasteiger charge is 2.35. The summed E-state index contributed by atoms with van der Waals surface area (Å²) >= 11 is 6.11. The first-order chi connectivity index (χ1) is 8.83. The maximum atomic E-state index is 11.3. The van der Waals surface area contributed by atoms with E-state index in [0.29, 0.717) is 30.0 Å². The van der Waals surface area contributed by atoms with Crippen molar-refractivity contribution in [2.75, 3.05) is 13.1 Å². The molecule has 1 unspecified atom stereocenters. The highest BCUT2D eigenvalue weighted by molar-refractivity contribution is 7.86. The minimum Gasteiger partial charge on any atom is -0.385 e. The van der Waals surface area contributed by atoms with Crippen LogP contribution >= 0.6 is 11.6 Å². The van der Waals surface area contributed by atoms with Gasteiger partial charge >= 0.3 is 0 Å². The van der Waals surface area contributed by atoms with Crippen molar-refractivity contribution in [3.05, 3.63) is 34.9 Å². The van der Waals surface area contributed by atoms with E-state index in [9.17, 15) is 13.5 Å². The number of benzene rings is 1. The summed E-state index contributed by atoms with van der Waals surface area (Å²) in [6, 6.07) is 7.09. The van der Waals surface area contributed by atoms with Crippen LogP contribution in [0.5, 0.6) is 0 Å². The summed E-state index contributed by atoms with van der Waals surface area (Å²) < 4.78 is 23.9. The second-order valence-electron chi connectivity index (χ2n) is 4.81. The molecule has 1 aromatic rings. The summed E-state index contributed by atoms with van der Waals surface area (Å²) in [5.74, 6) is 0. The molecule has 106 valence electrons. The molecular weight excluding hydrogens is 288 g/mol. The Morgan fingerprint density at radius 1 is 1.26 bits per heavy atom. The molecule has 1 aliphatic rings. The van der Waals surface area contributed by atoms with Crippen LogP contribution in [0.25, 0.3) is 0 Å². The number of halogens is 1. The van der Waals surface area contributed by atoms with Gasteiger partial charge in [0, 0.05) is 23.7 Å². The molecule has 0 amide bonds. The third-order valence-corrected chi connectivity index (χ3v) is 4.92. The van der Waals surface area contributed by atoms with E-state index < -0.39 is 15.8 Å². The largest absolute Gasteiger partial charge is 0.385 e. The first kappa shape index (κ1) is 14.7. The predicted octanol–water partition coefficient (Wildman–Crippen LogP) is 1.22. The Kier molecular flexibility index (Phi) is 4.17. The molecule has 1 aromatic carbocycles. The number of nitrogens with zero attached hydrogens (tertiary/aromatic N) is 1. The van der Waals surface area contributed by atoms with E-state index in [-0.39, 0.29) is 13.0 Å². The van der Waals surface area contributed by atoms with Gasteiger partial charge < -0.3 is 5.11 Å². The number of aliphatic hydroxyl groups is 1. The monoisotopic (exact) mass is 304 g/mol. The Morgan fingerprint density at radius 2 is 1.95 bits per heavy atom. The molecule has 0 saturated carbocycles. The van der Waals surface area contributed by atoms with Gasteiger partial charge in [-0.2, -0.15) is 12.7 Å². The Morgan fingerprint density at radius 3 is 2.58 bits per heavy atom. The molecule has 1 atom stereocenters. The Hall–Kier alpha value is -0.660. The second-order valence-corrected chi connectivity index (χ2v) is 6.76. The van der Waals surface area contributed by atoms with Crippen LogP contribution in [0.3, 0.4) is 0 Å².